The van der Waals surface area contributed by atoms with Gasteiger partial charge >= 0.3 is 5.69 Å². The summed E-state index contributed by atoms with van der Waals surface area (Å²) in [4.78, 5) is 10.5. The lowest BCUT2D eigenvalue weighted by molar-refractivity contribution is -0.385. The van der Waals surface area contributed by atoms with Crippen LogP contribution in [0.4, 0.5) is 11.4 Å². The van der Waals surface area contributed by atoms with Gasteiger partial charge in [0.1, 0.15) is 0 Å². The molecule has 7 heteroatoms. The highest BCUT2D eigenvalue weighted by Gasteiger charge is 2.15. The molecule has 0 saturated carbocycles. The SMILES string of the molecule is COc1ccc(CNc2ccc(I)cc2Cl)cc1[N+](=O)[O-]. The van der Waals surface area contributed by atoms with Gasteiger partial charge in [-0.25, -0.2) is 0 Å². The maximum Gasteiger partial charge on any atom is 0.311 e. The zero-order valence-electron chi connectivity index (χ0n) is 11.1. The molecule has 0 heterocycles. The van der Waals surface area contributed by atoms with Crippen molar-refractivity contribution in [3.05, 3.63) is 60.7 Å². The highest BCUT2D eigenvalue weighted by atomic mass is 127. The van der Waals surface area contributed by atoms with Crippen molar-refractivity contribution in [2.45, 2.75) is 6.54 Å². The number of hydrogen-bond donors (Lipinski definition) is 1. The van der Waals surface area contributed by atoms with E-state index in [4.69, 9.17) is 16.3 Å². The summed E-state index contributed by atoms with van der Waals surface area (Å²) in [7, 11) is 1.41. The van der Waals surface area contributed by atoms with Gasteiger partial charge in [-0.3, -0.25) is 10.1 Å². The Morgan fingerprint density at radius 3 is 2.71 bits per heavy atom. The van der Waals surface area contributed by atoms with Crippen molar-refractivity contribution in [1.82, 2.24) is 0 Å². The second-order valence-corrected chi connectivity index (χ2v) is 5.89. The molecule has 0 fully saturated rings. The van der Waals surface area contributed by atoms with Crippen molar-refractivity contribution >= 4 is 45.6 Å². The number of halogens is 2. The monoisotopic (exact) mass is 418 g/mol. The van der Waals surface area contributed by atoms with Gasteiger partial charge in [0, 0.05) is 16.2 Å². The summed E-state index contributed by atoms with van der Waals surface area (Å²) in [5.74, 6) is 0.246. The van der Waals surface area contributed by atoms with E-state index in [1.165, 1.54) is 13.2 Å². The first kappa shape index (κ1) is 15.8. The van der Waals surface area contributed by atoms with Crippen LogP contribution in [0.25, 0.3) is 0 Å². The Bertz CT molecular complexity index is 679. The third-order valence-electron chi connectivity index (χ3n) is 2.85. The first-order valence-electron chi connectivity index (χ1n) is 6.01. The molecule has 0 aliphatic carbocycles. The molecule has 0 spiro atoms. The van der Waals surface area contributed by atoms with Crippen LogP contribution in [0.1, 0.15) is 5.56 Å². The Balaban J connectivity index is 2.16. The van der Waals surface area contributed by atoms with E-state index in [1.807, 2.05) is 18.2 Å². The highest BCUT2D eigenvalue weighted by Crippen LogP contribution is 2.29. The third kappa shape index (κ3) is 3.98. The van der Waals surface area contributed by atoms with Crippen molar-refractivity contribution in [2.24, 2.45) is 0 Å². The number of hydrogen-bond acceptors (Lipinski definition) is 4. The summed E-state index contributed by atoms with van der Waals surface area (Å²) in [5, 5.41) is 14.8. The Labute approximate surface area is 140 Å². The third-order valence-corrected chi connectivity index (χ3v) is 3.84. The lowest BCUT2D eigenvalue weighted by atomic mass is 10.2. The predicted octanol–water partition coefficient (Wildman–Crippen LogP) is 4.47. The molecule has 0 amide bonds. The standard InChI is InChI=1S/C14H12ClIN2O3/c1-21-14-5-2-9(6-13(14)18(19)20)8-17-12-4-3-10(16)7-11(12)15/h2-7,17H,8H2,1H3. The van der Waals surface area contributed by atoms with E-state index in [-0.39, 0.29) is 11.4 Å². The van der Waals surface area contributed by atoms with Gasteiger partial charge < -0.3 is 10.1 Å². The fraction of sp³-hybridized carbons (Fsp3) is 0.143. The summed E-state index contributed by atoms with van der Waals surface area (Å²) in [6.45, 7) is 0.436. The molecular formula is C14H12ClIN2O3. The molecule has 0 radical (unpaired) electrons. The lowest BCUT2D eigenvalue weighted by Crippen LogP contribution is -2.02. The van der Waals surface area contributed by atoms with E-state index in [2.05, 4.69) is 27.9 Å². The number of methoxy groups -OCH3 is 1. The molecule has 0 aliphatic heterocycles. The second kappa shape index (κ2) is 6.95. The maximum atomic E-state index is 11.0. The van der Waals surface area contributed by atoms with E-state index in [0.717, 1.165) is 14.8 Å². The normalized spacial score (nSPS) is 10.2. The number of ether oxygens (including phenoxy) is 1. The first-order valence-corrected chi connectivity index (χ1v) is 7.47. The number of benzene rings is 2. The molecular weight excluding hydrogens is 407 g/mol. The molecule has 5 nitrogen and oxygen atoms in total. The Kier molecular flexibility index (Phi) is 5.24. The summed E-state index contributed by atoms with van der Waals surface area (Å²) in [5.41, 5.74) is 1.51. The van der Waals surface area contributed by atoms with E-state index in [0.29, 0.717) is 11.6 Å². The molecule has 0 unspecified atom stereocenters. The van der Waals surface area contributed by atoms with Crippen LogP contribution in [0.2, 0.25) is 5.02 Å². The van der Waals surface area contributed by atoms with Gasteiger partial charge in [-0.15, -0.1) is 0 Å². The van der Waals surface area contributed by atoms with Crippen LogP contribution in [0.15, 0.2) is 36.4 Å². The van der Waals surface area contributed by atoms with Crippen molar-refractivity contribution in [2.75, 3.05) is 12.4 Å². The smallest absolute Gasteiger partial charge is 0.311 e. The van der Waals surface area contributed by atoms with E-state index >= 15 is 0 Å². The number of nitrogens with zero attached hydrogens (tertiary/aromatic N) is 1. The van der Waals surface area contributed by atoms with Crippen LogP contribution in [0, 0.1) is 13.7 Å². The zero-order valence-corrected chi connectivity index (χ0v) is 14.0. The molecule has 0 aliphatic rings. The fourth-order valence-corrected chi connectivity index (χ4v) is 2.74. The Morgan fingerprint density at radius 2 is 2.10 bits per heavy atom. The number of nitro groups is 1. The highest BCUT2D eigenvalue weighted by molar-refractivity contribution is 14.1. The minimum atomic E-state index is -0.458. The van der Waals surface area contributed by atoms with E-state index < -0.39 is 4.92 Å². The zero-order chi connectivity index (χ0) is 15.4. The van der Waals surface area contributed by atoms with Gasteiger partial charge in [0.2, 0.25) is 0 Å². The predicted molar refractivity (Wildman–Crippen MR) is 91.1 cm³/mol. The Hall–Kier alpha value is -1.54. The largest absolute Gasteiger partial charge is 0.490 e. The number of anilines is 1. The van der Waals surface area contributed by atoms with Gasteiger partial charge in [0.15, 0.2) is 5.75 Å². The van der Waals surface area contributed by atoms with Crippen molar-refractivity contribution in [3.8, 4) is 5.75 Å². The summed E-state index contributed by atoms with van der Waals surface area (Å²) in [6.07, 6.45) is 0. The van der Waals surface area contributed by atoms with Crippen LogP contribution >= 0.6 is 34.2 Å². The van der Waals surface area contributed by atoms with Gasteiger partial charge in [-0.1, -0.05) is 17.7 Å². The molecule has 0 atom stereocenters. The molecule has 2 rings (SSSR count). The second-order valence-electron chi connectivity index (χ2n) is 4.24. The lowest BCUT2D eigenvalue weighted by Gasteiger charge is -2.09. The van der Waals surface area contributed by atoms with Crippen LogP contribution < -0.4 is 10.1 Å². The molecule has 0 aromatic heterocycles. The van der Waals surface area contributed by atoms with Gasteiger partial charge in [0.25, 0.3) is 0 Å². The van der Waals surface area contributed by atoms with Gasteiger partial charge in [-0.05, 0) is 52.4 Å². The van der Waals surface area contributed by atoms with Crippen LogP contribution in [-0.4, -0.2) is 12.0 Å². The maximum absolute atomic E-state index is 11.0. The Morgan fingerprint density at radius 1 is 1.33 bits per heavy atom. The topological polar surface area (TPSA) is 64.4 Å². The van der Waals surface area contributed by atoms with Crippen LogP contribution in [0.5, 0.6) is 5.75 Å². The molecule has 2 aromatic rings. The summed E-state index contributed by atoms with van der Waals surface area (Å²) < 4.78 is 6.02. The summed E-state index contributed by atoms with van der Waals surface area (Å²) in [6, 6.07) is 10.5. The molecule has 110 valence electrons. The van der Waals surface area contributed by atoms with E-state index in [9.17, 15) is 10.1 Å². The quantitative estimate of drug-likeness (QED) is 0.442. The average molecular weight is 419 g/mol. The van der Waals surface area contributed by atoms with Crippen LogP contribution in [0.3, 0.4) is 0 Å². The minimum absolute atomic E-state index is 0.0505. The molecule has 2 aromatic carbocycles. The number of nitro benzene ring substituents is 1. The van der Waals surface area contributed by atoms with E-state index in [1.54, 1.807) is 12.1 Å². The first-order chi connectivity index (χ1) is 10.0. The fourth-order valence-electron chi connectivity index (χ4n) is 1.82. The van der Waals surface area contributed by atoms with Gasteiger partial charge in [0.05, 0.1) is 22.7 Å². The van der Waals surface area contributed by atoms with Crippen molar-refractivity contribution in [3.63, 3.8) is 0 Å². The summed E-state index contributed by atoms with van der Waals surface area (Å²) >= 11 is 8.31. The minimum Gasteiger partial charge on any atom is -0.490 e. The molecule has 0 saturated heterocycles. The molecule has 21 heavy (non-hydrogen) atoms. The molecule has 0 bridgehead atoms. The number of rotatable bonds is 5. The van der Waals surface area contributed by atoms with Crippen molar-refractivity contribution in [1.29, 1.82) is 0 Å². The van der Waals surface area contributed by atoms with Gasteiger partial charge in [-0.2, -0.15) is 0 Å². The van der Waals surface area contributed by atoms with Crippen LogP contribution in [-0.2, 0) is 6.54 Å². The molecule has 1 N–H and O–H groups in total. The number of nitrogens with one attached hydrogen (secondary N) is 1. The average Bonchev–Trinajstić information content (AvgIpc) is 2.46. The van der Waals surface area contributed by atoms with Crippen molar-refractivity contribution < 1.29 is 9.66 Å².